The molecule has 0 aromatic rings. The summed E-state index contributed by atoms with van der Waals surface area (Å²) in [6.45, 7) is 4.92. The minimum atomic E-state index is 0.646. The summed E-state index contributed by atoms with van der Waals surface area (Å²) in [5, 5.41) is 8.44. The second-order valence-corrected chi connectivity index (χ2v) is 6.55. The van der Waals surface area contributed by atoms with E-state index in [0.717, 1.165) is 30.6 Å². The molecule has 3 aliphatic carbocycles. The van der Waals surface area contributed by atoms with Crippen molar-refractivity contribution >= 4 is 0 Å². The highest BCUT2D eigenvalue weighted by molar-refractivity contribution is 5.03. The van der Waals surface area contributed by atoms with Crippen LogP contribution in [0, 0.1) is 34.5 Å². The van der Waals surface area contributed by atoms with E-state index in [1.165, 1.54) is 25.7 Å². The van der Waals surface area contributed by atoms with Crippen molar-refractivity contribution in [2.24, 2.45) is 23.2 Å². The minimum Gasteiger partial charge on any atom is -0.198 e. The average molecular weight is 231 g/mol. The lowest BCUT2D eigenvalue weighted by Gasteiger charge is -2.59. The fourth-order valence-electron chi connectivity index (χ4n) is 3.72. The van der Waals surface area contributed by atoms with Gasteiger partial charge in [-0.05, 0) is 61.7 Å². The van der Waals surface area contributed by atoms with Crippen LogP contribution in [0.2, 0.25) is 0 Å². The summed E-state index contributed by atoms with van der Waals surface area (Å²) >= 11 is 0. The number of rotatable bonds is 5. The number of hydrogen-bond acceptors (Lipinski definition) is 1. The molecule has 3 fully saturated rings. The average Bonchev–Trinajstić information content (AvgIpc) is 2.34. The fraction of sp³-hybridized carbons (Fsp3) is 0.812. The first-order chi connectivity index (χ1) is 8.14. The van der Waals surface area contributed by atoms with Crippen LogP contribution in [0.5, 0.6) is 0 Å². The van der Waals surface area contributed by atoms with Gasteiger partial charge in [-0.15, -0.1) is 0 Å². The molecule has 0 saturated heterocycles. The molecule has 2 atom stereocenters. The van der Waals surface area contributed by atoms with Gasteiger partial charge in [-0.3, -0.25) is 0 Å². The Morgan fingerprint density at radius 1 is 1.18 bits per heavy atom. The van der Waals surface area contributed by atoms with Crippen LogP contribution in [0.3, 0.4) is 0 Å². The molecule has 0 aliphatic heterocycles. The summed E-state index contributed by atoms with van der Waals surface area (Å²) in [6.07, 6.45) is 13.1. The molecule has 3 rings (SSSR count). The monoisotopic (exact) mass is 231 g/mol. The van der Waals surface area contributed by atoms with Gasteiger partial charge in [0.2, 0.25) is 0 Å². The van der Waals surface area contributed by atoms with Crippen LogP contribution in [-0.4, -0.2) is 0 Å². The normalized spacial score (nSPS) is 34.3. The molecule has 17 heavy (non-hydrogen) atoms. The standard InChI is InChI=1S/C16H25N/c1-16(2)14-10-13(11-15(16)12-14)8-6-4-3-5-7-9-17/h4,6,13-15H,3,5,7-8,10-12H2,1-2H3/b6-4-. The van der Waals surface area contributed by atoms with Gasteiger partial charge in [-0.25, -0.2) is 0 Å². The highest BCUT2D eigenvalue weighted by Crippen LogP contribution is 2.61. The summed E-state index contributed by atoms with van der Waals surface area (Å²) in [5.74, 6) is 2.94. The van der Waals surface area contributed by atoms with E-state index in [4.69, 9.17) is 5.26 Å². The zero-order valence-electron chi connectivity index (χ0n) is 11.3. The number of fused-ring (bicyclic) bond motifs is 2. The van der Waals surface area contributed by atoms with Gasteiger partial charge in [-0.1, -0.05) is 26.0 Å². The Morgan fingerprint density at radius 2 is 1.88 bits per heavy atom. The highest BCUT2D eigenvalue weighted by atomic mass is 14.6. The van der Waals surface area contributed by atoms with E-state index in [-0.39, 0.29) is 0 Å². The molecule has 0 aromatic heterocycles. The topological polar surface area (TPSA) is 23.8 Å². The second-order valence-electron chi connectivity index (χ2n) is 6.55. The number of nitrogens with zero attached hydrogens (tertiary/aromatic N) is 1. The third-order valence-electron chi connectivity index (χ3n) is 5.20. The first-order valence-corrected chi connectivity index (χ1v) is 7.16. The maximum atomic E-state index is 8.44. The molecule has 0 amide bonds. The van der Waals surface area contributed by atoms with Crippen molar-refractivity contribution in [2.45, 2.75) is 58.8 Å². The molecule has 0 heterocycles. The van der Waals surface area contributed by atoms with Gasteiger partial charge in [0.1, 0.15) is 0 Å². The predicted octanol–water partition coefficient (Wildman–Crippen LogP) is 4.70. The van der Waals surface area contributed by atoms with E-state index in [0.29, 0.717) is 11.8 Å². The van der Waals surface area contributed by atoms with Gasteiger partial charge in [0.15, 0.2) is 0 Å². The van der Waals surface area contributed by atoms with Crippen molar-refractivity contribution in [2.75, 3.05) is 0 Å². The molecule has 1 nitrogen and oxygen atoms in total. The third-order valence-corrected chi connectivity index (χ3v) is 5.20. The van der Waals surface area contributed by atoms with Crippen LogP contribution in [0.4, 0.5) is 0 Å². The Labute approximate surface area is 106 Å². The van der Waals surface area contributed by atoms with Crippen molar-refractivity contribution in [3.63, 3.8) is 0 Å². The summed E-state index contributed by atoms with van der Waals surface area (Å²) in [5.41, 5.74) is 0.646. The van der Waals surface area contributed by atoms with Gasteiger partial charge < -0.3 is 0 Å². The zero-order chi connectivity index (χ0) is 12.3. The van der Waals surface area contributed by atoms with E-state index in [1.807, 2.05) is 0 Å². The highest BCUT2D eigenvalue weighted by Gasteiger charge is 2.52. The molecule has 2 unspecified atom stereocenters. The lowest BCUT2D eigenvalue weighted by Crippen LogP contribution is -2.50. The van der Waals surface area contributed by atoms with Crippen LogP contribution in [0.1, 0.15) is 58.8 Å². The summed E-state index contributed by atoms with van der Waals surface area (Å²) in [6, 6.07) is 2.19. The van der Waals surface area contributed by atoms with Crippen LogP contribution in [0.25, 0.3) is 0 Å². The second kappa shape index (κ2) is 5.25. The number of allylic oxidation sites excluding steroid dienone is 2. The Bertz CT molecular complexity index is 307. The predicted molar refractivity (Wildman–Crippen MR) is 71.3 cm³/mol. The Morgan fingerprint density at radius 3 is 2.47 bits per heavy atom. The quantitative estimate of drug-likeness (QED) is 0.497. The number of unbranched alkanes of at least 4 members (excludes halogenated alkanes) is 2. The molecule has 0 radical (unpaired) electrons. The lowest BCUT2D eigenvalue weighted by molar-refractivity contribution is -0.0890. The van der Waals surface area contributed by atoms with Crippen molar-refractivity contribution in [3.8, 4) is 6.07 Å². The molecule has 3 aliphatic rings. The fourth-order valence-corrected chi connectivity index (χ4v) is 3.72. The maximum absolute atomic E-state index is 8.44. The first kappa shape index (κ1) is 12.7. The van der Waals surface area contributed by atoms with Crippen molar-refractivity contribution in [1.29, 1.82) is 5.26 Å². The molecule has 2 bridgehead atoms. The first-order valence-electron chi connectivity index (χ1n) is 7.16. The van der Waals surface area contributed by atoms with Gasteiger partial charge in [-0.2, -0.15) is 5.26 Å². The molecule has 94 valence electrons. The number of nitriles is 1. The summed E-state index contributed by atoms with van der Waals surface area (Å²) < 4.78 is 0. The molecule has 1 heteroatoms. The van der Waals surface area contributed by atoms with Crippen LogP contribution in [-0.2, 0) is 0 Å². The number of hydrogen-bond donors (Lipinski definition) is 0. The lowest BCUT2D eigenvalue weighted by atomic mass is 9.46. The summed E-state index contributed by atoms with van der Waals surface area (Å²) in [4.78, 5) is 0. The third kappa shape index (κ3) is 2.73. The molecular weight excluding hydrogens is 206 g/mol. The maximum Gasteiger partial charge on any atom is 0.0621 e. The van der Waals surface area contributed by atoms with E-state index in [2.05, 4.69) is 32.1 Å². The van der Waals surface area contributed by atoms with Gasteiger partial charge in [0, 0.05) is 6.42 Å². The molecular formula is C16H25N. The molecule has 0 N–H and O–H groups in total. The molecule has 0 spiro atoms. The van der Waals surface area contributed by atoms with E-state index >= 15 is 0 Å². The van der Waals surface area contributed by atoms with Gasteiger partial charge in [0.05, 0.1) is 6.07 Å². The molecule has 3 saturated carbocycles. The summed E-state index contributed by atoms with van der Waals surface area (Å²) in [7, 11) is 0. The molecule has 0 aromatic carbocycles. The van der Waals surface area contributed by atoms with Crippen molar-refractivity contribution in [1.82, 2.24) is 0 Å². The smallest absolute Gasteiger partial charge is 0.0621 e. The Balaban J connectivity index is 1.65. The van der Waals surface area contributed by atoms with E-state index < -0.39 is 0 Å². The Kier molecular flexibility index (Phi) is 3.92. The Hall–Kier alpha value is -0.770. The van der Waals surface area contributed by atoms with Crippen LogP contribution >= 0.6 is 0 Å². The van der Waals surface area contributed by atoms with Crippen LogP contribution < -0.4 is 0 Å². The van der Waals surface area contributed by atoms with Crippen molar-refractivity contribution < 1.29 is 0 Å². The largest absolute Gasteiger partial charge is 0.198 e. The van der Waals surface area contributed by atoms with E-state index in [9.17, 15) is 0 Å². The van der Waals surface area contributed by atoms with Gasteiger partial charge in [0.25, 0.3) is 0 Å². The SMILES string of the molecule is CC1(C)C2CC(C/C=C\CCCC#N)CC1C2. The van der Waals surface area contributed by atoms with E-state index in [1.54, 1.807) is 0 Å². The minimum absolute atomic E-state index is 0.646. The zero-order valence-corrected chi connectivity index (χ0v) is 11.3. The van der Waals surface area contributed by atoms with Crippen LogP contribution in [0.15, 0.2) is 12.2 Å². The van der Waals surface area contributed by atoms with Crippen molar-refractivity contribution in [3.05, 3.63) is 12.2 Å². The van der Waals surface area contributed by atoms with Gasteiger partial charge >= 0.3 is 0 Å².